The van der Waals surface area contributed by atoms with Crippen LogP contribution < -0.4 is 9.64 Å². The third-order valence-electron chi connectivity index (χ3n) is 3.76. The van der Waals surface area contributed by atoms with Gasteiger partial charge in [0.05, 0.1) is 6.61 Å². The number of rotatable bonds is 4. The highest BCUT2D eigenvalue weighted by molar-refractivity contribution is 6.31. The first kappa shape index (κ1) is 15.0. The van der Waals surface area contributed by atoms with Crippen LogP contribution in [0.5, 0.6) is 5.75 Å². The Kier molecular flexibility index (Phi) is 3.93. The maximum atomic E-state index is 12.1. The fourth-order valence-electron chi connectivity index (χ4n) is 2.70. The largest absolute Gasteiger partial charge is 0.502 e. The minimum absolute atomic E-state index is 0.230. The Morgan fingerprint density at radius 3 is 2.65 bits per heavy atom. The maximum Gasteiger partial charge on any atom is 0.502 e. The zero-order chi connectivity index (χ0) is 16.4. The zero-order valence-electron chi connectivity index (χ0n) is 12.7. The third-order valence-corrected chi connectivity index (χ3v) is 3.76. The maximum absolute atomic E-state index is 12.1. The van der Waals surface area contributed by atoms with E-state index in [2.05, 4.69) is 5.11 Å². The summed E-state index contributed by atoms with van der Waals surface area (Å²) in [5, 5.41) is 13.0. The molecule has 0 bridgehead atoms. The number of hydrogen-bond donors (Lipinski definition) is 0. The number of azo groups is 2. The van der Waals surface area contributed by atoms with Gasteiger partial charge in [-0.3, -0.25) is 9.69 Å². The molecule has 1 aromatic carbocycles. The van der Waals surface area contributed by atoms with Crippen molar-refractivity contribution < 1.29 is 19.0 Å². The Morgan fingerprint density at radius 2 is 2.00 bits per heavy atom. The van der Waals surface area contributed by atoms with Gasteiger partial charge in [0.2, 0.25) is 0 Å². The van der Waals surface area contributed by atoms with Crippen LogP contribution in [0, 0.1) is 11.3 Å². The van der Waals surface area contributed by atoms with Crippen molar-refractivity contribution in [1.29, 1.82) is 5.26 Å². The topological polar surface area (TPSA) is 89.0 Å². The van der Waals surface area contributed by atoms with E-state index in [1.54, 1.807) is 0 Å². The quantitative estimate of drug-likeness (QED) is 0.460. The average Bonchev–Trinajstić information content (AvgIpc) is 2.97. The molecule has 0 N–H and O–H groups in total. The van der Waals surface area contributed by atoms with E-state index in [9.17, 15) is 9.59 Å². The van der Waals surface area contributed by atoms with E-state index in [1.807, 2.05) is 42.2 Å². The molecule has 1 aromatic rings. The average molecular weight is 314 g/mol. The van der Waals surface area contributed by atoms with Gasteiger partial charge in [-0.2, -0.15) is 5.26 Å². The Labute approximate surface area is 133 Å². The first-order valence-corrected chi connectivity index (χ1v) is 7.35. The number of fused-ring (bicyclic) bond motifs is 1. The Balaban J connectivity index is 1.89. The van der Waals surface area contributed by atoms with Crippen molar-refractivity contribution in [2.45, 2.75) is 13.2 Å². The van der Waals surface area contributed by atoms with Crippen molar-refractivity contribution >= 4 is 17.5 Å². The van der Waals surface area contributed by atoms with Crippen molar-refractivity contribution in [2.24, 2.45) is 5.11 Å². The highest BCUT2D eigenvalue weighted by Gasteiger charge is 2.49. The number of hydrogen-bond acceptors (Lipinski definition) is 6. The van der Waals surface area contributed by atoms with Crippen molar-refractivity contribution in [3.05, 3.63) is 24.3 Å². The van der Waals surface area contributed by atoms with Gasteiger partial charge in [-0.1, -0.05) is 0 Å². The predicted molar refractivity (Wildman–Crippen MR) is 78.6 cm³/mol. The Hall–Kier alpha value is -2.95. The highest BCUT2D eigenvalue weighted by Crippen LogP contribution is 2.28. The van der Waals surface area contributed by atoms with E-state index in [4.69, 9.17) is 10.00 Å². The molecular weight excluding hydrogens is 298 g/mol. The molecular formula is C15H16N5O3+. The summed E-state index contributed by atoms with van der Waals surface area (Å²) in [6.07, 6.45) is -0.591. The second kappa shape index (κ2) is 6.04. The van der Waals surface area contributed by atoms with E-state index >= 15 is 0 Å². The number of nitrogens with zero attached hydrogens (tertiary/aromatic N) is 5. The van der Waals surface area contributed by atoms with Crippen molar-refractivity contribution in [3.8, 4) is 11.8 Å². The lowest BCUT2D eigenvalue weighted by Crippen LogP contribution is -2.51. The van der Waals surface area contributed by atoms with Crippen LogP contribution in [0.4, 0.5) is 5.69 Å². The molecule has 0 radical (unpaired) electrons. The van der Waals surface area contributed by atoms with Crippen LogP contribution in [0.3, 0.4) is 0 Å². The lowest BCUT2D eigenvalue weighted by atomic mass is 10.3. The molecule has 0 aliphatic carbocycles. The van der Waals surface area contributed by atoms with E-state index in [1.165, 1.54) is 4.90 Å². The van der Waals surface area contributed by atoms with Crippen LogP contribution >= 0.6 is 0 Å². The summed E-state index contributed by atoms with van der Waals surface area (Å²) in [5.41, 5.74) is 0.878. The Bertz CT molecular complexity index is 707. The minimum Gasteiger partial charge on any atom is -0.494 e. The summed E-state index contributed by atoms with van der Waals surface area (Å²) >= 11 is 0. The van der Waals surface area contributed by atoms with Crippen LogP contribution in [-0.2, 0) is 9.59 Å². The molecule has 1 unspecified atom stereocenters. The SMILES string of the molecule is CCOc1ccc(N2CCN3C(=O)C(=O)[N+](CC#N)=NC32)cc1. The number of carbonyl (C=O) groups excluding carboxylic acids is 2. The molecule has 3 rings (SSSR count). The van der Waals surface area contributed by atoms with Gasteiger partial charge in [-0.15, -0.1) is 0 Å². The van der Waals surface area contributed by atoms with Crippen LogP contribution in [-0.4, -0.2) is 53.9 Å². The van der Waals surface area contributed by atoms with Crippen LogP contribution in [0.25, 0.3) is 0 Å². The molecule has 2 aliphatic rings. The molecule has 23 heavy (non-hydrogen) atoms. The number of benzene rings is 1. The van der Waals surface area contributed by atoms with E-state index in [0.717, 1.165) is 16.1 Å². The van der Waals surface area contributed by atoms with Gasteiger partial charge in [-0.25, -0.2) is 4.79 Å². The molecule has 0 aromatic heterocycles. The van der Waals surface area contributed by atoms with Gasteiger partial charge < -0.3 is 9.64 Å². The lowest BCUT2D eigenvalue weighted by molar-refractivity contribution is -0.509. The van der Waals surface area contributed by atoms with Gasteiger partial charge in [0.15, 0.2) is 0 Å². The Morgan fingerprint density at radius 1 is 1.30 bits per heavy atom. The molecule has 0 spiro atoms. The summed E-state index contributed by atoms with van der Waals surface area (Å²) in [4.78, 5) is 27.3. The third kappa shape index (κ3) is 2.61. The summed E-state index contributed by atoms with van der Waals surface area (Å²) in [6, 6.07) is 9.33. The van der Waals surface area contributed by atoms with Crippen molar-refractivity contribution in [1.82, 2.24) is 4.90 Å². The van der Waals surface area contributed by atoms with E-state index in [0.29, 0.717) is 19.7 Å². The van der Waals surface area contributed by atoms with Gasteiger partial charge in [0, 0.05) is 23.9 Å². The second-order valence-corrected chi connectivity index (χ2v) is 5.10. The molecule has 0 saturated carbocycles. The van der Waals surface area contributed by atoms with Gasteiger partial charge >= 0.3 is 11.8 Å². The number of amides is 2. The summed E-state index contributed by atoms with van der Waals surface area (Å²) < 4.78 is 6.36. The molecule has 1 saturated heterocycles. The molecule has 8 nitrogen and oxygen atoms in total. The molecule has 1 atom stereocenters. The first-order valence-electron chi connectivity index (χ1n) is 7.35. The lowest BCUT2D eigenvalue weighted by Gasteiger charge is -2.26. The number of nitriles is 1. The summed E-state index contributed by atoms with van der Waals surface area (Å²) in [5.74, 6) is -0.602. The standard InChI is InChI=1S/C15H16N5O3/c1-2-23-12-5-3-11(4-6-12)18-9-10-19-13(21)14(22)20(8-7-16)17-15(18)19/h3-6,15H,2,8-10H2,1H3/q+1. The number of anilines is 1. The van der Waals surface area contributed by atoms with Crippen molar-refractivity contribution in [2.75, 3.05) is 31.1 Å². The van der Waals surface area contributed by atoms with Crippen LogP contribution in [0.15, 0.2) is 29.4 Å². The molecule has 118 valence electrons. The van der Waals surface area contributed by atoms with Crippen LogP contribution in [0.1, 0.15) is 6.92 Å². The highest BCUT2D eigenvalue weighted by atomic mass is 16.5. The van der Waals surface area contributed by atoms with Crippen LogP contribution in [0.2, 0.25) is 0 Å². The fraction of sp³-hybridized carbons (Fsp3) is 0.400. The zero-order valence-corrected chi connectivity index (χ0v) is 12.7. The van der Waals surface area contributed by atoms with Gasteiger partial charge in [0.1, 0.15) is 11.8 Å². The normalized spacial score (nSPS) is 20.2. The first-order chi connectivity index (χ1) is 11.2. The molecule has 2 heterocycles. The molecule has 2 aliphatic heterocycles. The predicted octanol–water partition coefficient (Wildman–Crippen LogP) is 0.546. The summed E-state index contributed by atoms with van der Waals surface area (Å²) in [6.45, 7) is 3.27. The van der Waals surface area contributed by atoms with Crippen molar-refractivity contribution in [3.63, 3.8) is 0 Å². The number of ether oxygens (including phenoxy) is 1. The van der Waals surface area contributed by atoms with E-state index < -0.39 is 18.1 Å². The fourth-order valence-corrected chi connectivity index (χ4v) is 2.70. The monoisotopic (exact) mass is 314 g/mol. The minimum atomic E-state index is -0.753. The molecule has 1 fully saturated rings. The smallest absolute Gasteiger partial charge is 0.494 e. The number of carbonyl (C=O) groups is 2. The second-order valence-electron chi connectivity index (χ2n) is 5.10. The van der Waals surface area contributed by atoms with Gasteiger partial charge in [-0.05, 0) is 35.9 Å². The van der Waals surface area contributed by atoms with E-state index in [-0.39, 0.29) is 6.54 Å². The molecule has 8 heteroatoms. The summed E-state index contributed by atoms with van der Waals surface area (Å²) in [7, 11) is 0. The van der Waals surface area contributed by atoms with Gasteiger partial charge in [0.25, 0.3) is 12.8 Å². The molecule has 2 amide bonds.